The summed E-state index contributed by atoms with van der Waals surface area (Å²) >= 11 is 3.29. The van der Waals surface area contributed by atoms with Crippen LogP contribution in [0.2, 0.25) is 0 Å². The summed E-state index contributed by atoms with van der Waals surface area (Å²) in [4.78, 5) is 0. The fourth-order valence-corrected chi connectivity index (χ4v) is 1.29. The molecule has 0 heterocycles. The molecule has 1 unspecified atom stereocenters. The zero-order chi connectivity index (χ0) is 11.3. The average molecular weight is 278 g/mol. The summed E-state index contributed by atoms with van der Waals surface area (Å²) in [5.74, 6) is 0. The van der Waals surface area contributed by atoms with Gasteiger partial charge in [0.1, 0.15) is 12.9 Å². The van der Waals surface area contributed by atoms with Gasteiger partial charge in [-0.2, -0.15) is 8.78 Å². The summed E-state index contributed by atoms with van der Waals surface area (Å²) in [6.45, 7) is 0.0268. The molecule has 15 heavy (non-hydrogen) atoms. The van der Waals surface area contributed by atoms with E-state index in [4.69, 9.17) is 5.73 Å². The molecule has 0 aromatic heterocycles. The molecule has 2 nitrogen and oxygen atoms in total. The molecule has 1 rings (SSSR count). The van der Waals surface area contributed by atoms with Crippen LogP contribution in [0.15, 0.2) is 41.1 Å². The first-order chi connectivity index (χ1) is 7.09. The van der Waals surface area contributed by atoms with Crippen molar-refractivity contribution in [2.45, 2.75) is 6.04 Å². The number of hydrogen-bond donors (Lipinski definition) is 1. The van der Waals surface area contributed by atoms with Crippen LogP contribution in [0.4, 0.5) is 8.78 Å². The number of nitrogens with two attached hydrogens (primary N) is 1. The average Bonchev–Trinajstić information content (AvgIpc) is 2.18. The number of benzene rings is 1. The Labute approximate surface area is 94.9 Å². The minimum Gasteiger partial charge on any atom is -0.494 e. The van der Waals surface area contributed by atoms with Crippen LogP contribution in [-0.2, 0) is 4.74 Å². The summed E-state index contributed by atoms with van der Waals surface area (Å²) in [5, 5.41) is 0. The molecular weight excluding hydrogens is 268 g/mol. The van der Waals surface area contributed by atoms with Gasteiger partial charge in [-0.1, -0.05) is 28.1 Å². The molecule has 0 aliphatic carbocycles. The van der Waals surface area contributed by atoms with E-state index in [0.717, 1.165) is 10.0 Å². The highest BCUT2D eigenvalue weighted by Gasteiger charge is 2.05. The van der Waals surface area contributed by atoms with Crippen molar-refractivity contribution in [3.8, 4) is 0 Å². The highest BCUT2D eigenvalue weighted by Crippen LogP contribution is 2.15. The van der Waals surface area contributed by atoms with E-state index in [9.17, 15) is 8.78 Å². The fraction of sp³-hybridized carbons (Fsp3) is 0.200. The topological polar surface area (TPSA) is 35.2 Å². The van der Waals surface area contributed by atoms with Gasteiger partial charge in [-0.15, -0.1) is 0 Å². The lowest BCUT2D eigenvalue weighted by Crippen LogP contribution is -2.15. The van der Waals surface area contributed by atoms with Crippen molar-refractivity contribution in [3.63, 3.8) is 0 Å². The number of rotatable bonds is 4. The maximum atomic E-state index is 11.6. The van der Waals surface area contributed by atoms with Crippen LogP contribution >= 0.6 is 15.9 Å². The van der Waals surface area contributed by atoms with E-state index >= 15 is 0 Å². The predicted molar refractivity (Wildman–Crippen MR) is 57.3 cm³/mol. The summed E-state index contributed by atoms with van der Waals surface area (Å²) in [7, 11) is 0. The molecule has 0 radical (unpaired) electrons. The van der Waals surface area contributed by atoms with Crippen molar-refractivity contribution in [2.75, 3.05) is 6.61 Å². The zero-order valence-corrected chi connectivity index (χ0v) is 9.38. The highest BCUT2D eigenvalue weighted by molar-refractivity contribution is 9.10. The normalized spacial score (nSPS) is 12.0. The molecule has 0 amide bonds. The van der Waals surface area contributed by atoms with Crippen LogP contribution in [0.3, 0.4) is 0 Å². The molecule has 1 atom stereocenters. The SMILES string of the molecule is NC(COC=C(F)F)c1ccc(Br)cc1. The quantitative estimate of drug-likeness (QED) is 0.858. The van der Waals surface area contributed by atoms with Gasteiger partial charge in [-0.25, -0.2) is 0 Å². The van der Waals surface area contributed by atoms with Crippen LogP contribution in [-0.4, -0.2) is 6.61 Å². The molecule has 0 bridgehead atoms. The Balaban J connectivity index is 2.50. The smallest absolute Gasteiger partial charge is 0.304 e. The van der Waals surface area contributed by atoms with E-state index in [-0.39, 0.29) is 6.61 Å². The van der Waals surface area contributed by atoms with Crippen molar-refractivity contribution in [1.29, 1.82) is 0 Å². The van der Waals surface area contributed by atoms with Gasteiger partial charge < -0.3 is 10.5 Å². The van der Waals surface area contributed by atoms with Crippen molar-refractivity contribution >= 4 is 15.9 Å². The molecule has 0 fully saturated rings. The van der Waals surface area contributed by atoms with Gasteiger partial charge in [0.2, 0.25) is 0 Å². The van der Waals surface area contributed by atoms with E-state index in [1.807, 2.05) is 24.3 Å². The Bertz CT molecular complexity index is 336. The number of ether oxygens (including phenoxy) is 1. The maximum Gasteiger partial charge on any atom is 0.304 e. The van der Waals surface area contributed by atoms with Crippen molar-refractivity contribution in [2.24, 2.45) is 5.73 Å². The number of hydrogen-bond acceptors (Lipinski definition) is 2. The molecule has 1 aromatic carbocycles. The predicted octanol–water partition coefficient (Wildman–Crippen LogP) is 3.20. The van der Waals surface area contributed by atoms with Gasteiger partial charge in [0.05, 0.1) is 6.04 Å². The van der Waals surface area contributed by atoms with Gasteiger partial charge >= 0.3 is 6.08 Å². The first kappa shape index (κ1) is 12.1. The molecule has 82 valence electrons. The molecule has 2 N–H and O–H groups in total. The van der Waals surface area contributed by atoms with E-state index in [0.29, 0.717) is 6.26 Å². The standard InChI is InChI=1S/C10H10BrF2NO/c11-8-3-1-7(2-4-8)9(14)5-15-6-10(12)13/h1-4,6,9H,5,14H2. The fourth-order valence-electron chi connectivity index (χ4n) is 1.02. The highest BCUT2D eigenvalue weighted by atomic mass is 79.9. The number of halogens is 3. The zero-order valence-electron chi connectivity index (χ0n) is 7.79. The molecule has 0 spiro atoms. The van der Waals surface area contributed by atoms with Crippen LogP contribution in [0, 0.1) is 0 Å². The Kier molecular flexibility index (Phi) is 4.71. The molecule has 0 saturated heterocycles. The second kappa shape index (κ2) is 5.82. The van der Waals surface area contributed by atoms with E-state index in [1.165, 1.54) is 0 Å². The van der Waals surface area contributed by atoms with Gasteiger partial charge in [0.25, 0.3) is 0 Å². The first-order valence-electron chi connectivity index (χ1n) is 4.23. The van der Waals surface area contributed by atoms with Gasteiger partial charge in [0.15, 0.2) is 0 Å². The second-order valence-electron chi connectivity index (χ2n) is 2.90. The third-order valence-electron chi connectivity index (χ3n) is 1.75. The Morgan fingerprint density at radius 2 is 2.00 bits per heavy atom. The Morgan fingerprint density at radius 1 is 1.40 bits per heavy atom. The van der Waals surface area contributed by atoms with Crippen molar-refractivity contribution in [1.82, 2.24) is 0 Å². The van der Waals surface area contributed by atoms with Crippen LogP contribution in [0.25, 0.3) is 0 Å². The molecule has 5 heteroatoms. The summed E-state index contributed by atoms with van der Waals surface area (Å²) in [6.07, 6.45) is -1.46. The van der Waals surface area contributed by atoms with E-state index in [1.54, 1.807) is 0 Å². The largest absolute Gasteiger partial charge is 0.494 e. The minimum absolute atomic E-state index is 0.0268. The first-order valence-corrected chi connectivity index (χ1v) is 5.02. The van der Waals surface area contributed by atoms with Crippen molar-refractivity contribution in [3.05, 3.63) is 46.6 Å². The van der Waals surface area contributed by atoms with E-state index < -0.39 is 12.1 Å². The van der Waals surface area contributed by atoms with Crippen LogP contribution in [0.1, 0.15) is 11.6 Å². The van der Waals surface area contributed by atoms with Gasteiger partial charge in [-0.05, 0) is 17.7 Å². The lowest BCUT2D eigenvalue weighted by Gasteiger charge is -2.10. The summed E-state index contributed by atoms with van der Waals surface area (Å²) in [5.41, 5.74) is 6.56. The third-order valence-corrected chi connectivity index (χ3v) is 2.28. The lowest BCUT2D eigenvalue weighted by atomic mass is 10.1. The van der Waals surface area contributed by atoms with Gasteiger partial charge in [0, 0.05) is 4.47 Å². The molecule has 0 aliphatic heterocycles. The monoisotopic (exact) mass is 277 g/mol. The van der Waals surface area contributed by atoms with E-state index in [2.05, 4.69) is 20.7 Å². The molecular formula is C10H10BrF2NO. The minimum atomic E-state index is -1.86. The summed E-state index contributed by atoms with van der Waals surface area (Å²) < 4.78 is 28.8. The van der Waals surface area contributed by atoms with Crippen LogP contribution in [0.5, 0.6) is 0 Å². The Morgan fingerprint density at radius 3 is 2.53 bits per heavy atom. The van der Waals surface area contributed by atoms with Crippen molar-refractivity contribution < 1.29 is 13.5 Å². The molecule has 1 aromatic rings. The second-order valence-corrected chi connectivity index (χ2v) is 3.81. The molecule has 0 saturated carbocycles. The third kappa shape index (κ3) is 4.40. The maximum absolute atomic E-state index is 11.6. The van der Waals surface area contributed by atoms with Crippen LogP contribution < -0.4 is 5.73 Å². The summed E-state index contributed by atoms with van der Waals surface area (Å²) in [6, 6.07) is 6.89. The Hall–Kier alpha value is -0.940. The van der Waals surface area contributed by atoms with Gasteiger partial charge in [-0.3, -0.25) is 0 Å². The molecule has 0 aliphatic rings. The lowest BCUT2D eigenvalue weighted by molar-refractivity contribution is 0.207.